The van der Waals surface area contributed by atoms with E-state index in [1.807, 2.05) is 67.5 Å². The van der Waals surface area contributed by atoms with Crippen LogP contribution in [0.3, 0.4) is 0 Å². The second-order valence-electron chi connectivity index (χ2n) is 9.16. The molecule has 10 heteroatoms. The lowest BCUT2D eigenvalue weighted by molar-refractivity contribution is -0.111. The van der Waals surface area contributed by atoms with Crippen molar-refractivity contribution in [2.24, 2.45) is 0 Å². The first kappa shape index (κ1) is 25.2. The summed E-state index contributed by atoms with van der Waals surface area (Å²) in [6, 6.07) is 13.4. The van der Waals surface area contributed by atoms with Crippen molar-refractivity contribution in [1.29, 1.82) is 0 Å². The van der Waals surface area contributed by atoms with Crippen LogP contribution in [-0.2, 0) is 9.53 Å². The van der Waals surface area contributed by atoms with Crippen LogP contribution in [-0.4, -0.2) is 77.7 Å². The van der Waals surface area contributed by atoms with Crippen LogP contribution in [0.1, 0.15) is 0 Å². The normalized spacial score (nSPS) is 13.8. The van der Waals surface area contributed by atoms with Gasteiger partial charge in [-0.25, -0.2) is 15.0 Å². The molecule has 3 aromatic heterocycles. The number of amides is 1. The molecule has 1 saturated heterocycles. The number of nitrogens with zero attached hydrogens (tertiary/aromatic N) is 6. The van der Waals surface area contributed by atoms with Crippen LogP contribution in [0.15, 0.2) is 73.2 Å². The van der Waals surface area contributed by atoms with E-state index < -0.39 is 0 Å². The van der Waals surface area contributed by atoms with Gasteiger partial charge in [0.25, 0.3) is 0 Å². The number of benzene rings is 1. The summed E-state index contributed by atoms with van der Waals surface area (Å²) < 4.78 is 5.42. The SMILES string of the molecule is CN(C)C/C=C/C(=O)Nc1cccc(-c2nccc3cnc(Nc4ccc(N5CCOCC5)nc4)nc23)c1. The molecule has 38 heavy (non-hydrogen) atoms. The van der Waals surface area contributed by atoms with E-state index in [9.17, 15) is 4.79 Å². The molecule has 4 aromatic rings. The fourth-order valence-electron chi connectivity index (χ4n) is 4.09. The van der Waals surface area contributed by atoms with Gasteiger partial charge in [0.1, 0.15) is 11.3 Å². The van der Waals surface area contributed by atoms with Crippen LogP contribution < -0.4 is 15.5 Å². The molecule has 5 rings (SSSR count). The number of nitrogens with one attached hydrogen (secondary N) is 2. The molecule has 0 saturated carbocycles. The fourth-order valence-corrected chi connectivity index (χ4v) is 4.09. The van der Waals surface area contributed by atoms with Gasteiger partial charge < -0.3 is 25.2 Å². The molecular weight excluding hydrogens is 480 g/mol. The molecule has 10 nitrogen and oxygen atoms in total. The van der Waals surface area contributed by atoms with Gasteiger partial charge in [-0.3, -0.25) is 9.78 Å². The molecule has 0 radical (unpaired) electrons. The third-order valence-electron chi connectivity index (χ3n) is 5.98. The summed E-state index contributed by atoms with van der Waals surface area (Å²) in [5, 5.41) is 7.02. The highest BCUT2D eigenvalue weighted by Crippen LogP contribution is 2.28. The number of morpholine rings is 1. The van der Waals surface area contributed by atoms with Crippen molar-refractivity contribution in [3.63, 3.8) is 0 Å². The average molecular weight is 511 g/mol. The number of hydrogen-bond donors (Lipinski definition) is 2. The second-order valence-corrected chi connectivity index (χ2v) is 9.16. The highest BCUT2D eigenvalue weighted by Gasteiger charge is 2.13. The van der Waals surface area contributed by atoms with Gasteiger partial charge in [0.05, 0.1) is 30.8 Å². The Morgan fingerprint density at radius 2 is 1.92 bits per heavy atom. The van der Waals surface area contributed by atoms with Gasteiger partial charge in [0, 0.05) is 54.7 Å². The maximum absolute atomic E-state index is 12.3. The molecule has 0 atom stereocenters. The summed E-state index contributed by atoms with van der Waals surface area (Å²) in [5.74, 6) is 1.19. The molecule has 1 aliphatic heterocycles. The lowest BCUT2D eigenvalue weighted by Crippen LogP contribution is -2.36. The van der Waals surface area contributed by atoms with Crippen molar-refractivity contribution in [3.05, 3.63) is 73.2 Å². The van der Waals surface area contributed by atoms with Gasteiger partial charge in [-0.1, -0.05) is 18.2 Å². The summed E-state index contributed by atoms with van der Waals surface area (Å²) in [5.41, 5.74) is 3.72. The van der Waals surface area contributed by atoms with E-state index in [2.05, 4.69) is 30.5 Å². The molecule has 1 aliphatic rings. The first-order valence-electron chi connectivity index (χ1n) is 12.5. The van der Waals surface area contributed by atoms with Crippen LogP contribution in [0.25, 0.3) is 22.2 Å². The van der Waals surface area contributed by atoms with Gasteiger partial charge in [-0.2, -0.15) is 0 Å². The highest BCUT2D eigenvalue weighted by molar-refractivity contribution is 6.00. The largest absolute Gasteiger partial charge is 0.378 e. The number of likely N-dealkylation sites (N-methyl/N-ethyl adjacent to an activating group) is 1. The molecule has 0 spiro atoms. The topological polar surface area (TPSA) is 108 Å². The maximum atomic E-state index is 12.3. The summed E-state index contributed by atoms with van der Waals surface area (Å²) in [6.07, 6.45) is 8.64. The zero-order valence-electron chi connectivity index (χ0n) is 21.5. The fraction of sp³-hybridized carbons (Fsp3) is 0.250. The van der Waals surface area contributed by atoms with Crippen molar-refractivity contribution in [3.8, 4) is 11.3 Å². The minimum Gasteiger partial charge on any atom is -0.378 e. The van der Waals surface area contributed by atoms with Gasteiger partial charge in [-0.05, 0) is 44.4 Å². The second kappa shape index (κ2) is 11.8. The van der Waals surface area contributed by atoms with Crippen LogP contribution in [0, 0.1) is 0 Å². The van der Waals surface area contributed by atoms with Crippen molar-refractivity contribution >= 4 is 40.0 Å². The molecule has 0 bridgehead atoms. The first-order valence-corrected chi connectivity index (χ1v) is 12.5. The summed E-state index contributed by atoms with van der Waals surface area (Å²) in [7, 11) is 3.90. The van der Waals surface area contributed by atoms with Crippen LogP contribution in [0.2, 0.25) is 0 Å². The van der Waals surface area contributed by atoms with E-state index >= 15 is 0 Å². The Balaban J connectivity index is 1.35. The summed E-state index contributed by atoms with van der Waals surface area (Å²) in [6.45, 7) is 3.79. The van der Waals surface area contributed by atoms with E-state index in [1.165, 1.54) is 6.08 Å². The van der Waals surface area contributed by atoms with Crippen molar-refractivity contribution in [1.82, 2.24) is 24.8 Å². The smallest absolute Gasteiger partial charge is 0.248 e. The Bertz CT molecular complexity index is 1430. The number of ether oxygens (including phenoxy) is 1. The number of hydrogen-bond acceptors (Lipinski definition) is 9. The highest BCUT2D eigenvalue weighted by atomic mass is 16.5. The van der Waals surface area contributed by atoms with Crippen LogP contribution in [0.5, 0.6) is 0 Å². The minimum atomic E-state index is -0.183. The quantitative estimate of drug-likeness (QED) is 0.343. The predicted molar refractivity (Wildman–Crippen MR) is 150 cm³/mol. The monoisotopic (exact) mass is 510 g/mol. The Morgan fingerprint density at radius 1 is 1.05 bits per heavy atom. The van der Waals surface area contributed by atoms with Crippen molar-refractivity contribution in [2.75, 3.05) is 62.5 Å². The molecule has 1 amide bonds. The Hall–Kier alpha value is -4.41. The Labute approximate surface area is 221 Å². The maximum Gasteiger partial charge on any atom is 0.248 e. The Kier molecular flexibility index (Phi) is 7.81. The summed E-state index contributed by atoms with van der Waals surface area (Å²) in [4.78, 5) is 34.9. The molecule has 4 heterocycles. The molecule has 0 unspecified atom stereocenters. The molecule has 1 aromatic carbocycles. The van der Waals surface area contributed by atoms with E-state index in [-0.39, 0.29) is 5.91 Å². The number of aromatic nitrogens is 4. The molecule has 0 aliphatic carbocycles. The van der Waals surface area contributed by atoms with Gasteiger partial charge in [-0.15, -0.1) is 0 Å². The third kappa shape index (κ3) is 6.28. The van der Waals surface area contributed by atoms with Crippen molar-refractivity contribution < 1.29 is 9.53 Å². The average Bonchev–Trinajstić information content (AvgIpc) is 2.93. The van der Waals surface area contributed by atoms with Gasteiger partial charge in [0.2, 0.25) is 11.9 Å². The van der Waals surface area contributed by atoms with Crippen molar-refractivity contribution in [2.45, 2.75) is 0 Å². The van der Waals surface area contributed by atoms with Gasteiger partial charge >= 0.3 is 0 Å². The predicted octanol–water partition coefficient (Wildman–Crippen LogP) is 3.72. The molecule has 2 N–H and O–H groups in total. The number of rotatable bonds is 8. The molecule has 1 fully saturated rings. The number of fused-ring (bicyclic) bond motifs is 1. The van der Waals surface area contributed by atoms with Crippen LogP contribution >= 0.6 is 0 Å². The summed E-state index contributed by atoms with van der Waals surface area (Å²) >= 11 is 0. The number of carbonyl (C=O) groups excluding carboxylic acids is 1. The minimum absolute atomic E-state index is 0.183. The standard InChI is InChI=1S/C28H30N8O2/c1-35(2)12-4-7-25(37)32-22-6-3-5-20(17-22)26-27-21(10-11-29-26)18-31-28(34-27)33-23-8-9-24(30-19-23)36-13-15-38-16-14-36/h3-11,17-19H,12-16H2,1-2H3,(H,32,37)(H,31,33,34)/b7-4+. The third-order valence-corrected chi connectivity index (χ3v) is 5.98. The number of pyridine rings is 2. The number of anilines is 4. The first-order chi connectivity index (χ1) is 18.5. The lowest BCUT2D eigenvalue weighted by atomic mass is 10.1. The Morgan fingerprint density at radius 3 is 2.71 bits per heavy atom. The lowest BCUT2D eigenvalue weighted by Gasteiger charge is -2.27. The zero-order chi connectivity index (χ0) is 26.3. The van der Waals surface area contributed by atoms with Gasteiger partial charge in [0.15, 0.2) is 0 Å². The van der Waals surface area contributed by atoms with Crippen LogP contribution in [0.4, 0.5) is 23.1 Å². The van der Waals surface area contributed by atoms with E-state index in [1.54, 1.807) is 18.6 Å². The number of carbonyl (C=O) groups is 1. The van der Waals surface area contributed by atoms with E-state index in [4.69, 9.17) is 9.72 Å². The molecule has 194 valence electrons. The zero-order valence-corrected chi connectivity index (χ0v) is 21.5. The van der Waals surface area contributed by atoms with E-state index in [0.717, 1.165) is 35.5 Å². The molecular formula is C28H30N8O2. The van der Waals surface area contributed by atoms with E-state index in [0.29, 0.717) is 42.6 Å².